The maximum atomic E-state index is 5.57. The molecule has 1 aromatic carbocycles. The fourth-order valence-electron chi connectivity index (χ4n) is 3.37. The second-order valence-electron chi connectivity index (χ2n) is 5.77. The number of aromatic amines is 2. The maximum absolute atomic E-state index is 5.57. The normalized spacial score (nSPS) is 22.6. The zero-order chi connectivity index (χ0) is 14.9. The van der Waals surface area contributed by atoms with Crippen LogP contribution in [0.2, 0.25) is 0 Å². The highest BCUT2D eigenvalue weighted by molar-refractivity contribution is 5.82. The number of likely N-dealkylation sites (tertiary alicyclic amines) is 1. The van der Waals surface area contributed by atoms with E-state index >= 15 is 0 Å². The summed E-state index contributed by atoms with van der Waals surface area (Å²) in [5.41, 5.74) is 2.50. The number of ether oxygens (including phenoxy) is 1. The van der Waals surface area contributed by atoms with Crippen LogP contribution in [0.5, 0.6) is 0 Å². The van der Waals surface area contributed by atoms with Crippen molar-refractivity contribution >= 4 is 10.9 Å². The molecule has 114 valence electrons. The van der Waals surface area contributed by atoms with Crippen LogP contribution in [-0.2, 0) is 11.3 Å². The Morgan fingerprint density at radius 2 is 2.32 bits per heavy atom. The van der Waals surface area contributed by atoms with Crippen LogP contribution < -0.4 is 0 Å². The number of hydrogen-bond donors (Lipinski definition) is 2. The fourth-order valence-corrected chi connectivity index (χ4v) is 3.37. The Kier molecular flexibility index (Phi) is 3.40. The molecule has 3 heterocycles. The highest BCUT2D eigenvalue weighted by Gasteiger charge is 2.35. The van der Waals surface area contributed by atoms with Gasteiger partial charge in [0.05, 0.1) is 12.1 Å². The van der Waals surface area contributed by atoms with E-state index < -0.39 is 0 Å². The first-order valence-corrected chi connectivity index (χ1v) is 7.52. The van der Waals surface area contributed by atoms with E-state index in [1.807, 2.05) is 6.20 Å². The van der Waals surface area contributed by atoms with Gasteiger partial charge < -0.3 is 9.72 Å². The van der Waals surface area contributed by atoms with Crippen molar-refractivity contribution < 1.29 is 4.74 Å². The third kappa shape index (κ3) is 2.30. The molecule has 4 rings (SSSR count). The van der Waals surface area contributed by atoms with Crippen molar-refractivity contribution in [3.8, 4) is 0 Å². The van der Waals surface area contributed by atoms with Crippen LogP contribution in [0.4, 0.5) is 0 Å². The molecule has 0 unspecified atom stereocenters. The van der Waals surface area contributed by atoms with Gasteiger partial charge in [-0.1, -0.05) is 12.1 Å². The van der Waals surface area contributed by atoms with E-state index in [-0.39, 0.29) is 12.1 Å². The van der Waals surface area contributed by atoms with E-state index in [1.54, 1.807) is 13.4 Å². The Labute approximate surface area is 128 Å². The summed E-state index contributed by atoms with van der Waals surface area (Å²) < 4.78 is 5.57. The van der Waals surface area contributed by atoms with Crippen LogP contribution in [0.25, 0.3) is 10.9 Å². The Bertz CT molecular complexity index is 751. The van der Waals surface area contributed by atoms with Crippen LogP contribution in [0.15, 0.2) is 36.8 Å². The number of methoxy groups -OCH3 is 1. The molecular weight excluding hydrogens is 278 g/mol. The van der Waals surface area contributed by atoms with Gasteiger partial charge in [0.25, 0.3) is 0 Å². The molecule has 0 spiro atoms. The molecule has 2 aromatic heterocycles. The number of aromatic nitrogens is 4. The molecular formula is C16H19N5O. The Morgan fingerprint density at radius 3 is 3.14 bits per heavy atom. The number of fused-ring (bicyclic) bond motifs is 1. The van der Waals surface area contributed by atoms with Crippen molar-refractivity contribution in [3.05, 3.63) is 48.2 Å². The summed E-state index contributed by atoms with van der Waals surface area (Å²) in [6, 6.07) is 8.75. The minimum atomic E-state index is 0.224. The van der Waals surface area contributed by atoms with E-state index in [0.717, 1.165) is 25.3 Å². The second kappa shape index (κ2) is 5.55. The molecule has 1 fully saturated rings. The molecule has 0 radical (unpaired) electrons. The molecule has 0 aliphatic carbocycles. The zero-order valence-corrected chi connectivity index (χ0v) is 12.5. The van der Waals surface area contributed by atoms with Gasteiger partial charge in [-0.3, -0.25) is 10.00 Å². The molecule has 3 aromatic rings. The third-order valence-electron chi connectivity index (χ3n) is 4.51. The monoisotopic (exact) mass is 297 g/mol. The first-order valence-electron chi connectivity index (χ1n) is 7.52. The number of nitrogens with zero attached hydrogens (tertiary/aromatic N) is 3. The third-order valence-corrected chi connectivity index (χ3v) is 4.51. The molecule has 0 bridgehead atoms. The Morgan fingerprint density at radius 1 is 1.36 bits per heavy atom. The predicted octanol–water partition coefficient (Wildman–Crippen LogP) is 2.25. The minimum absolute atomic E-state index is 0.224. The Balaban J connectivity index is 1.64. The second-order valence-corrected chi connectivity index (χ2v) is 5.77. The Hall–Kier alpha value is -2.18. The van der Waals surface area contributed by atoms with Crippen LogP contribution in [0.3, 0.4) is 0 Å². The molecule has 0 saturated carbocycles. The van der Waals surface area contributed by atoms with E-state index in [4.69, 9.17) is 4.74 Å². The van der Waals surface area contributed by atoms with Gasteiger partial charge in [-0.2, -0.15) is 5.10 Å². The van der Waals surface area contributed by atoms with Crippen molar-refractivity contribution in [2.45, 2.75) is 25.1 Å². The summed E-state index contributed by atoms with van der Waals surface area (Å²) in [6.07, 6.45) is 4.74. The molecule has 2 atom stereocenters. The molecule has 2 N–H and O–H groups in total. The maximum Gasteiger partial charge on any atom is 0.141 e. The van der Waals surface area contributed by atoms with Gasteiger partial charge >= 0.3 is 0 Å². The van der Waals surface area contributed by atoms with E-state index in [2.05, 4.69) is 49.3 Å². The quantitative estimate of drug-likeness (QED) is 0.775. The lowest BCUT2D eigenvalue weighted by Gasteiger charge is -2.22. The topological polar surface area (TPSA) is 69.8 Å². The highest BCUT2D eigenvalue weighted by Crippen LogP contribution is 2.33. The highest BCUT2D eigenvalue weighted by atomic mass is 16.5. The minimum Gasteiger partial charge on any atom is -0.380 e. The van der Waals surface area contributed by atoms with Crippen molar-refractivity contribution in [3.63, 3.8) is 0 Å². The van der Waals surface area contributed by atoms with Crippen molar-refractivity contribution in [2.75, 3.05) is 13.7 Å². The van der Waals surface area contributed by atoms with Gasteiger partial charge in [0.1, 0.15) is 12.2 Å². The van der Waals surface area contributed by atoms with Crippen LogP contribution >= 0.6 is 0 Å². The van der Waals surface area contributed by atoms with E-state index in [1.165, 1.54) is 16.5 Å². The largest absolute Gasteiger partial charge is 0.380 e. The molecule has 22 heavy (non-hydrogen) atoms. The number of rotatable bonds is 4. The predicted molar refractivity (Wildman–Crippen MR) is 83.2 cm³/mol. The summed E-state index contributed by atoms with van der Waals surface area (Å²) in [4.78, 5) is 10.0. The smallest absolute Gasteiger partial charge is 0.141 e. The average Bonchev–Trinajstić information content (AvgIpc) is 3.27. The number of benzene rings is 1. The molecule has 6 heteroatoms. The van der Waals surface area contributed by atoms with Gasteiger partial charge in [0.15, 0.2) is 0 Å². The summed E-state index contributed by atoms with van der Waals surface area (Å²) in [5.74, 6) is 0.917. The molecule has 0 amide bonds. The van der Waals surface area contributed by atoms with Crippen LogP contribution in [0, 0.1) is 0 Å². The number of H-pyrrole nitrogens is 2. The molecule has 1 saturated heterocycles. The van der Waals surface area contributed by atoms with Gasteiger partial charge in [0.2, 0.25) is 0 Å². The number of hydrogen-bond acceptors (Lipinski definition) is 4. The fraction of sp³-hybridized carbons (Fsp3) is 0.375. The van der Waals surface area contributed by atoms with Crippen LogP contribution in [-0.4, -0.2) is 44.8 Å². The lowest BCUT2D eigenvalue weighted by molar-refractivity contribution is 0.107. The summed E-state index contributed by atoms with van der Waals surface area (Å²) in [7, 11) is 1.78. The summed E-state index contributed by atoms with van der Waals surface area (Å²) in [5, 5.41) is 8.28. The molecule has 1 aliphatic rings. The zero-order valence-electron chi connectivity index (χ0n) is 12.5. The molecule has 6 nitrogen and oxygen atoms in total. The first kappa shape index (κ1) is 13.5. The van der Waals surface area contributed by atoms with E-state index in [0.29, 0.717) is 0 Å². The lowest BCUT2D eigenvalue weighted by Crippen LogP contribution is -2.25. The van der Waals surface area contributed by atoms with Gasteiger partial charge in [-0.15, -0.1) is 0 Å². The van der Waals surface area contributed by atoms with Crippen molar-refractivity contribution in [2.24, 2.45) is 0 Å². The van der Waals surface area contributed by atoms with Crippen LogP contribution in [0.1, 0.15) is 23.9 Å². The lowest BCUT2D eigenvalue weighted by atomic mass is 10.1. The number of nitrogens with one attached hydrogen (secondary N) is 2. The van der Waals surface area contributed by atoms with Gasteiger partial charge in [-0.25, -0.2) is 4.98 Å². The van der Waals surface area contributed by atoms with Gasteiger partial charge in [0, 0.05) is 37.3 Å². The average molecular weight is 297 g/mol. The summed E-state index contributed by atoms with van der Waals surface area (Å²) >= 11 is 0. The van der Waals surface area contributed by atoms with Crippen molar-refractivity contribution in [1.82, 2.24) is 25.1 Å². The van der Waals surface area contributed by atoms with Crippen molar-refractivity contribution in [1.29, 1.82) is 0 Å². The van der Waals surface area contributed by atoms with Gasteiger partial charge in [-0.05, 0) is 24.1 Å². The molecule has 1 aliphatic heterocycles. The standard InChI is InChI=1S/C16H19N5O/c1-22-12-7-15(16-18-10-19-20-16)21(9-12)8-11-3-2-4-14-13(11)5-6-17-14/h2-6,10,12,15,17H,7-9H2,1H3,(H,18,19,20)/t12-,15+/m1/s1. The van der Waals surface area contributed by atoms with E-state index in [9.17, 15) is 0 Å². The summed E-state index contributed by atoms with van der Waals surface area (Å²) in [6.45, 7) is 1.78. The first-order chi connectivity index (χ1) is 10.8. The SMILES string of the molecule is CO[C@@H]1C[C@@H](c2ncn[nH]2)N(Cc2cccc3[nH]ccc23)C1.